The summed E-state index contributed by atoms with van der Waals surface area (Å²) < 4.78 is 5.44. The van der Waals surface area contributed by atoms with E-state index in [2.05, 4.69) is 38.7 Å². The van der Waals surface area contributed by atoms with E-state index in [-0.39, 0.29) is 11.5 Å². The molecule has 0 aliphatic heterocycles. The highest BCUT2D eigenvalue weighted by Gasteiger charge is 2.13. The predicted octanol–water partition coefficient (Wildman–Crippen LogP) is 3.55. The fourth-order valence-electron chi connectivity index (χ4n) is 1.69. The van der Waals surface area contributed by atoms with Crippen molar-refractivity contribution < 1.29 is 4.74 Å². The summed E-state index contributed by atoms with van der Waals surface area (Å²) in [6, 6.07) is 0. The average molecular weight is 206 g/mol. The molecule has 1 unspecified atom stereocenters. The lowest BCUT2D eigenvalue weighted by atomic mass is 9.93. The zero-order valence-corrected chi connectivity index (χ0v) is 10.4. The lowest BCUT2D eigenvalue weighted by molar-refractivity contribution is 0.170. The molecule has 0 fully saturated rings. The van der Waals surface area contributed by atoms with Crippen molar-refractivity contribution >= 4 is 0 Å². The number of methoxy groups -OCH3 is 1. The Labute approximate surface area is 93.9 Å². The molecule has 0 aromatic carbocycles. The van der Waals surface area contributed by atoms with Crippen LogP contribution in [0.1, 0.15) is 46.5 Å². The number of allylic oxidation sites excluding steroid dienone is 1. The molecule has 0 amide bonds. The van der Waals surface area contributed by atoms with E-state index in [1.807, 2.05) is 0 Å². The second-order valence-corrected chi connectivity index (χ2v) is 5.16. The molecule has 1 aliphatic carbocycles. The molecule has 1 heteroatoms. The van der Waals surface area contributed by atoms with E-state index < -0.39 is 0 Å². The molecule has 0 aromatic heterocycles. The van der Waals surface area contributed by atoms with Crippen LogP contribution in [0.2, 0.25) is 0 Å². The Morgan fingerprint density at radius 1 is 1.33 bits per heavy atom. The highest BCUT2D eigenvalue weighted by atomic mass is 16.5. The van der Waals surface area contributed by atoms with Crippen molar-refractivity contribution in [2.45, 2.75) is 52.6 Å². The summed E-state index contributed by atoms with van der Waals surface area (Å²) in [4.78, 5) is 0. The molecule has 1 atom stereocenters. The Morgan fingerprint density at radius 2 is 2.07 bits per heavy atom. The summed E-state index contributed by atoms with van der Waals surface area (Å²) in [5.74, 6) is 6.49. The molecule has 0 bridgehead atoms. The predicted molar refractivity (Wildman–Crippen MR) is 64.6 cm³/mol. The third-order valence-electron chi connectivity index (χ3n) is 2.48. The number of hydrogen-bond acceptors (Lipinski definition) is 1. The third-order valence-corrected chi connectivity index (χ3v) is 2.48. The van der Waals surface area contributed by atoms with Crippen LogP contribution in [0.4, 0.5) is 0 Å². The summed E-state index contributed by atoms with van der Waals surface area (Å²) in [6.45, 7) is 6.38. The first-order chi connectivity index (χ1) is 7.03. The second kappa shape index (κ2) is 5.37. The van der Waals surface area contributed by atoms with Crippen molar-refractivity contribution in [3.8, 4) is 11.8 Å². The monoisotopic (exact) mass is 206 g/mol. The van der Waals surface area contributed by atoms with Crippen LogP contribution in [-0.2, 0) is 4.74 Å². The van der Waals surface area contributed by atoms with E-state index in [9.17, 15) is 0 Å². The zero-order valence-electron chi connectivity index (χ0n) is 10.4. The second-order valence-electron chi connectivity index (χ2n) is 5.16. The SMILES string of the molecule is COC(C#CC(C)(C)C)C1=CCCCC1. The van der Waals surface area contributed by atoms with Gasteiger partial charge in [-0.3, -0.25) is 0 Å². The van der Waals surface area contributed by atoms with Gasteiger partial charge in [-0.1, -0.05) is 17.9 Å². The molecule has 0 saturated heterocycles. The number of ether oxygens (including phenoxy) is 1. The molecule has 1 rings (SSSR count). The van der Waals surface area contributed by atoms with E-state index in [0.717, 1.165) is 6.42 Å². The van der Waals surface area contributed by atoms with Crippen molar-refractivity contribution in [3.63, 3.8) is 0 Å². The van der Waals surface area contributed by atoms with Gasteiger partial charge in [-0.25, -0.2) is 0 Å². The van der Waals surface area contributed by atoms with Gasteiger partial charge < -0.3 is 4.74 Å². The van der Waals surface area contributed by atoms with Crippen LogP contribution in [0.5, 0.6) is 0 Å². The number of hydrogen-bond donors (Lipinski definition) is 0. The summed E-state index contributed by atoms with van der Waals surface area (Å²) in [5, 5.41) is 0. The fourth-order valence-corrected chi connectivity index (χ4v) is 1.69. The molecular weight excluding hydrogens is 184 g/mol. The Bertz CT molecular complexity index is 283. The summed E-state index contributed by atoms with van der Waals surface area (Å²) in [6.07, 6.45) is 7.25. The smallest absolute Gasteiger partial charge is 0.139 e. The molecule has 1 aliphatic rings. The highest BCUT2D eigenvalue weighted by Crippen LogP contribution is 2.22. The maximum absolute atomic E-state index is 5.44. The number of rotatable bonds is 2. The van der Waals surface area contributed by atoms with Gasteiger partial charge in [0.25, 0.3) is 0 Å². The van der Waals surface area contributed by atoms with E-state index in [1.54, 1.807) is 7.11 Å². The van der Waals surface area contributed by atoms with Gasteiger partial charge in [-0.2, -0.15) is 0 Å². The van der Waals surface area contributed by atoms with Crippen molar-refractivity contribution in [2.24, 2.45) is 5.41 Å². The van der Waals surface area contributed by atoms with Gasteiger partial charge in [-0.15, -0.1) is 0 Å². The fraction of sp³-hybridized carbons (Fsp3) is 0.714. The van der Waals surface area contributed by atoms with Crippen LogP contribution in [0.15, 0.2) is 11.6 Å². The van der Waals surface area contributed by atoms with Gasteiger partial charge in [0.15, 0.2) is 0 Å². The van der Waals surface area contributed by atoms with Crippen molar-refractivity contribution in [1.82, 2.24) is 0 Å². The molecule has 0 saturated carbocycles. The van der Waals surface area contributed by atoms with Crippen LogP contribution in [-0.4, -0.2) is 13.2 Å². The van der Waals surface area contributed by atoms with Crippen LogP contribution in [0.25, 0.3) is 0 Å². The molecule has 0 heterocycles. The molecular formula is C14H22O. The van der Waals surface area contributed by atoms with Crippen molar-refractivity contribution in [3.05, 3.63) is 11.6 Å². The van der Waals surface area contributed by atoms with Crippen LogP contribution in [0.3, 0.4) is 0 Å². The highest BCUT2D eigenvalue weighted by molar-refractivity contribution is 5.25. The van der Waals surface area contributed by atoms with E-state index in [1.165, 1.54) is 24.8 Å². The standard InChI is InChI=1S/C14H22O/c1-14(2,3)11-10-13(15-4)12-8-6-5-7-9-12/h8,13H,5-7,9H2,1-4H3. The van der Waals surface area contributed by atoms with Gasteiger partial charge in [-0.05, 0) is 52.0 Å². The van der Waals surface area contributed by atoms with E-state index in [4.69, 9.17) is 4.74 Å². The normalized spacial score (nSPS) is 18.8. The Kier molecular flexibility index (Phi) is 4.42. The Hall–Kier alpha value is -0.740. The molecule has 15 heavy (non-hydrogen) atoms. The Morgan fingerprint density at radius 3 is 2.53 bits per heavy atom. The summed E-state index contributed by atoms with van der Waals surface area (Å²) >= 11 is 0. The molecule has 1 nitrogen and oxygen atoms in total. The minimum atomic E-state index is 0.0181. The molecule has 0 N–H and O–H groups in total. The summed E-state index contributed by atoms with van der Waals surface area (Å²) in [7, 11) is 1.75. The first-order valence-electron chi connectivity index (χ1n) is 5.77. The maximum Gasteiger partial charge on any atom is 0.139 e. The van der Waals surface area contributed by atoms with Crippen LogP contribution >= 0.6 is 0 Å². The zero-order chi connectivity index (χ0) is 11.3. The van der Waals surface area contributed by atoms with Crippen LogP contribution < -0.4 is 0 Å². The van der Waals surface area contributed by atoms with Gasteiger partial charge in [0, 0.05) is 12.5 Å². The topological polar surface area (TPSA) is 9.23 Å². The lowest BCUT2D eigenvalue weighted by Crippen LogP contribution is -2.14. The van der Waals surface area contributed by atoms with Crippen LogP contribution in [0, 0.1) is 17.3 Å². The summed E-state index contributed by atoms with van der Waals surface area (Å²) in [5.41, 5.74) is 1.44. The quantitative estimate of drug-likeness (QED) is 0.496. The minimum absolute atomic E-state index is 0.0181. The van der Waals surface area contributed by atoms with Gasteiger partial charge in [0.2, 0.25) is 0 Å². The largest absolute Gasteiger partial charge is 0.364 e. The Balaban J connectivity index is 2.70. The molecule has 0 spiro atoms. The first kappa shape index (κ1) is 12.3. The molecule has 0 radical (unpaired) electrons. The van der Waals surface area contributed by atoms with E-state index >= 15 is 0 Å². The van der Waals surface area contributed by atoms with Gasteiger partial charge in [0.05, 0.1) is 0 Å². The lowest BCUT2D eigenvalue weighted by Gasteiger charge is -2.18. The van der Waals surface area contributed by atoms with Gasteiger partial charge in [0.1, 0.15) is 6.10 Å². The molecule has 0 aromatic rings. The third kappa shape index (κ3) is 4.53. The molecule has 84 valence electrons. The minimum Gasteiger partial charge on any atom is -0.364 e. The maximum atomic E-state index is 5.44. The van der Waals surface area contributed by atoms with E-state index in [0.29, 0.717) is 0 Å². The van der Waals surface area contributed by atoms with Crippen molar-refractivity contribution in [1.29, 1.82) is 0 Å². The van der Waals surface area contributed by atoms with Crippen molar-refractivity contribution in [2.75, 3.05) is 7.11 Å². The first-order valence-corrected chi connectivity index (χ1v) is 5.77. The van der Waals surface area contributed by atoms with Gasteiger partial charge >= 0.3 is 0 Å². The average Bonchev–Trinajstić information content (AvgIpc) is 2.19.